The highest BCUT2D eigenvalue weighted by Crippen LogP contribution is 2.24. The molecule has 0 radical (unpaired) electrons. The SMILES string of the molecule is Cc1ccc(S(=O)(=O)c2ccc(NC(=O)C(C)N)cc2)cc1C. The lowest BCUT2D eigenvalue weighted by atomic mass is 10.1. The van der Waals surface area contributed by atoms with E-state index in [1.165, 1.54) is 12.1 Å². The van der Waals surface area contributed by atoms with Crippen molar-refractivity contribution in [1.29, 1.82) is 0 Å². The maximum absolute atomic E-state index is 12.6. The van der Waals surface area contributed by atoms with Crippen molar-refractivity contribution in [3.63, 3.8) is 0 Å². The van der Waals surface area contributed by atoms with Crippen LogP contribution >= 0.6 is 0 Å². The molecule has 2 aromatic carbocycles. The van der Waals surface area contributed by atoms with Gasteiger partial charge in [-0.1, -0.05) is 6.07 Å². The minimum absolute atomic E-state index is 0.180. The first-order valence-corrected chi connectivity index (χ1v) is 8.69. The van der Waals surface area contributed by atoms with E-state index in [4.69, 9.17) is 5.73 Å². The zero-order valence-electron chi connectivity index (χ0n) is 13.3. The molecule has 2 rings (SSSR count). The third-order valence-electron chi connectivity index (χ3n) is 3.63. The molecular formula is C17H20N2O3S. The summed E-state index contributed by atoms with van der Waals surface area (Å²) in [5, 5.41) is 2.62. The number of carbonyl (C=O) groups is 1. The van der Waals surface area contributed by atoms with Gasteiger partial charge in [-0.2, -0.15) is 0 Å². The minimum Gasteiger partial charge on any atom is -0.325 e. The molecule has 0 heterocycles. The number of hydrogen-bond acceptors (Lipinski definition) is 4. The Bertz CT molecular complexity index is 825. The Balaban J connectivity index is 2.30. The van der Waals surface area contributed by atoms with Crippen molar-refractivity contribution in [2.24, 2.45) is 5.73 Å². The van der Waals surface area contributed by atoms with Gasteiger partial charge in [0, 0.05) is 5.69 Å². The molecule has 0 spiro atoms. The Morgan fingerprint density at radius 1 is 1.00 bits per heavy atom. The van der Waals surface area contributed by atoms with Gasteiger partial charge in [-0.05, 0) is 68.3 Å². The molecular weight excluding hydrogens is 312 g/mol. The van der Waals surface area contributed by atoms with E-state index in [2.05, 4.69) is 5.32 Å². The van der Waals surface area contributed by atoms with Crippen LogP contribution in [0.2, 0.25) is 0 Å². The van der Waals surface area contributed by atoms with Crippen molar-refractivity contribution in [3.05, 3.63) is 53.6 Å². The molecule has 0 fully saturated rings. The van der Waals surface area contributed by atoms with Crippen molar-refractivity contribution in [2.75, 3.05) is 5.32 Å². The Hall–Kier alpha value is -2.18. The average molecular weight is 332 g/mol. The second-order valence-corrected chi connectivity index (χ2v) is 7.50. The molecule has 5 nitrogen and oxygen atoms in total. The number of carbonyl (C=O) groups excluding carboxylic acids is 1. The van der Waals surface area contributed by atoms with Gasteiger partial charge in [0.15, 0.2) is 0 Å². The number of nitrogens with two attached hydrogens (primary N) is 1. The maximum Gasteiger partial charge on any atom is 0.240 e. The Morgan fingerprint density at radius 3 is 2.09 bits per heavy atom. The number of sulfone groups is 1. The third-order valence-corrected chi connectivity index (χ3v) is 5.40. The first-order chi connectivity index (χ1) is 10.7. The van der Waals surface area contributed by atoms with E-state index in [0.717, 1.165) is 11.1 Å². The summed E-state index contributed by atoms with van der Waals surface area (Å²) in [6.07, 6.45) is 0. The fourth-order valence-electron chi connectivity index (χ4n) is 1.99. The highest BCUT2D eigenvalue weighted by Gasteiger charge is 2.18. The van der Waals surface area contributed by atoms with Gasteiger partial charge >= 0.3 is 0 Å². The largest absolute Gasteiger partial charge is 0.325 e. The fraction of sp³-hybridized carbons (Fsp3) is 0.235. The molecule has 0 aliphatic rings. The van der Waals surface area contributed by atoms with E-state index in [1.807, 2.05) is 13.8 Å². The van der Waals surface area contributed by atoms with Crippen molar-refractivity contribution < 1.29 is 13.2 Å². The predicted molar refractivity (Wildman–Crippen MR) is 90.1 cm³/mol. The Labute approximate surface area is 136 Å². The molecule has 1 unspecified atom stereocenters. The van der Waals surface area contributed by atoms with Crippen LogP contribution in [-0.4, -0.2) is 20.4 Å². The second-order valence-electron chi connectivity index (χ2n) is 5.55. The molecule has 1 amide bonds. The number of anilines is 1. The van der Waals surface area contributed by atoms with Crippen LogP contribution in [0.3, 0.4) is 0 Å². The van der Waals surface area contributed by atoms with E-state index in [1.54, 1.807) is 37.3 Å². The minimum atomic E-state index is -3.58. The number of hydrogen-bond donors (Lipinski definition) is 2. The van der Waals surface area contributed by atoms with E-state index in [9.17, 15) is 13.2 Å². The number of aryl methyl sites for hydroxylation is 2. The highest BCUT2D eigenvalue weighted by atomic mass is 32.2. The molecule has 6 heteroatoms. The lowest BCUT2D eigenvalue weighted by Gasteiger charge is -2.10. The third kappa shape index (κ3) is 3.78. The van der Waals surface area contributed by atoms with Crippen molar-refractivity contribution >= 4 is 21.4 Å². The zero-order valence-corrected chi connectivity index (χ0v) is 14.1. The van der Waals surface area contributed by atoms with Gasteiger partial charge in [-0.3, -0.25) is 4.79 Å². The van der Waals surface area contributed by atoms with Crippen molar-refractivity contribution in [2.45, 2.75) is 36.6 Å². The smallest absolute Gasteiger partial charge is 0.240 e. The molecule has 23 heavy (non-hydrogen) atoms. The number of amides is 1. The molecule has 1 atom stereocenters. The molecule has 0 aliphatic heterocycles. The molecule has 0 saturated heterocycles. The summed E-state index contributed by atoms with van der Waals surface area (Å²) in [6, 6.07) is 10.5. The van der Waals surface area contributed by atoms with Crippen LogP contribution in [0.4, 0.5) is 5.69 Å². The predicted octanol–water partition coefficient (Wildman–Crippen LogP) is 2.42. The van der Waals surface area contributed by atoms with Gasteiger partial charge in [-0.25, -0.2) is 8.42 Å². The molecule has 0 aliphatic carbocycles. The summed E-state index contributed by atoms with van der Waals surface area (Å²) in [6.45, 7) is 5.39. The normalized spacial score (nSPS) is 12.7. The topological polar surface area (TPSA) is 89.3 Å². The molecule has 3 N–H and O–H groups in total. The van der Waals surface area contributed by atoms with Gasteiger partial charge in [0.25, 0.3) is 0 Å². The summed E-state index contributed by atoms with van der Waals surface area (Å²) in [5.41, 5.74) is 7.95. The molecule has 0 aromatic heterocycles. The van der Waals surface area contributed by atoms with Crippen LogP contribution in [0, 0.1) is 13.8 Å². The maximum atomic E-state index is 12.6. The van der Waals surface area contributed by atoms with E-state index in [0.29, 0.717) is 5.69 Å². The van der Waals surface area contributed by atoms with Gasteiger partial charge in [-0.15, -0.1) is 0 Å². The zero-order chi connectivity index (χ0) is 17.2. The van der Waals surface area contributed by atoms with Gasteiger partial charge in [0.2, 0.25) is 15.7 Å². The number of benzene rings is 2. The lowest BCUT2D eigenvalue weighted by molar-refractivity contribution is -0.117. The van der Waals surface area contributed by atoms with E-state index in [-0.39, 0.29) is 15.7 Å². The first kappa shape index (κ1) is 17.2. The molecule has 122 valence electrons. The first-order valence-electron chi connectivity index (χ1n) is 7.20. The quantitative estimate of drug-likeness (QED) is 0.900. The van der Waals surface area contributed by atoms with Crippen LogP contribution < -0.4 is 11.1 Å². The number of nitrogens with one attached hydrogen (secondary N) is 1. The summed E-state index contributed by atoms with van der Waals surface area (Å²) >= 11 is 0. The standard InChI is InChI=1S/C17H20N2O3S/c1-11-4-7-16(10-12(11)2)23(21,22)15-8-5-14(6-9-15)19-17(20)13(3)18/h4-10,13H,18H2,1-3H3,(H,19,20). The summed E-state index contributed by atoms with van der Waals surface area (Å²) in [7, 11) is -3.58. The van der Waals surface area contributed by atoms with Gasteiger partial charge in [0.1, 0.15) is 0 Å². The fourth-order valence-corrected chi connectivity index (χ4v) is 3.34. The lowest BCUT2D eigenvalue weighted by Crippen LogP contribution is -2.32. The summed E-state index contributed by atoms with van der Waals surface area (Å²) < 4.78 is 25.3. The van der Waals surface area contributed by atoms with Crippen LogP contribution in [0.5, 0.6) is 0 Å². The second kappa shape index (κ2) is 6.52. The van der Waals surface area contributed by atoms with Crippen LogP contribution in [0.25, 0.3) is 0 Å². The molecule has 0 saturated carbocycles. The Morgan fingerprint density at radius 2 is 1.57 bits per heavy atom. The van der Waals surface area contributed by atoms with E-state index < -0.39 is 15.9 Å². The van der Waals surface area contributed by atoms with Gasteiger partial charge in [0.05, 0.1) is 15.8 Å². The van der Waals surface area contributed by atoms with Gasteiger partial charge < -0.3 is 11.1 Å². The summed E-state index contributed by atoms with van der Waals surface area (Å²) in [5.74, 6) is -0.324. The highest BCUT2D eigenvalue weighted by molar-refractivity contribution is 7.91. The molecule has 2 aromatic rings. The van der Waals surface area contributed by atoms with Crippen molar-refractivity contribution in [3.8, 4) is 0 Å². The number of rotatable bonds is 4. The van der Waals surface area contributed by atoms with Crippen LogP contribution in [-0.2, 0) is 14.6 Å². The monoisotopic (exact) mass is 332 g/mol. The van der Waals surface area contributed by atoms with Crippen LogP contribution in [0.15, 0.2) is 52.3 Å². The Kier molecular flexibility index (Phi) is 4.87. The average Bonchev–Trinajstić information content (AvgIpc) is 2.50. The van der Waals surface area contributed by atoms with Crippen molar-refractivity contribution in [1.82, 2.24) is 0 Å². The van der Waals surface area contributed by atoms with Crippen LogP contribution in [0.1, 0.15) is 18.1 Å². The summed E-state index contributed by atoms with van der Waals surface area (Å²) in [4.78, 5) is 12.0. The van der Waals surface area contributed by atoms with E-state index >= 15 is 0 Å². The molecule has 0 bridgehead atoms.